The van der Waals surface area contributed by atoms with Gasteiger partial charge in [0.1, 0.15) is 0 Å². The van der Waals surface area contributed by atoms with E-state index in [0.29, 0.717) is 25.7 Å². The van der Waals surface area contributed by atoms with E-state index < -0.39 is 41.4 Å². The molecule has 1 aromatic carbocycles. The van der Waals surface area contributed by atoms with Crippen molar-refractivity contribution < 1.29 is 44.6 Å². The Morgan fingerprint density at radius 2 is 1.14 bits per heavy atom. The van der Waals surface area contributed by atoms with Crippen LogP contribution < -0.4 is 4.90 Å². The lowest BCUT2D eigenvalue weighted by atomic mass is 9.80. The predicted octanol–water partition coefficient (Wildman–Crippen LogP) is 5.39. The molecule has 1 aliphatic carbocycles. The van der Waals surface area contributed by atoms with Gasteiger partial charge in [0.05, 0.1) is 5.60 Å². The van der Waals surface area contributed by atoms with E-state index in [4.69, 9.17) is 0 Å². The molecule has 0 bridgehead atoms. The summed E-state index contributed by atoms with van der Waals surface area (Å²) >= 11 is 0. The molecule has 1 aromatic rings. The van der Waals surface area contributed by atoms with Gasteiger partial charge in [-0.25, -0.2) is 4.39 Å². The average Bonchev–Trinajstić information content (AvgIpc) is 2.66. The van der Waals surface area contributed by atoms with E-state index in [9.17, 15) is 44.6 Å². The van der Waals surface area contributed by atoms with Crippen molar-refractivity contribution in [3.63, 3.8) is 0 Å². The molecule has 1 unspecified atom stereocenters. The van der Waals surface area contributed by atoms with E-state index >= 15 is 0 Å². The van der Waals surface area contributed by atoms with Crippen molar-refractivity contribution in [2.45, 2.75) is 62.2 Å². The molecule has 2 rings (SSSR count). The van der Waals surface area contributed by atoms with Crippen molar-refractivity contribution in [1.29, 1.82) is 0 Å². The van der Waals surface area contributed by atoms with Gasteiger partial charge >= 0.3 is 23.7 Å². The van der Waals surface area contributed by atoms with Gasteiger partial charge < -0.3 is 10.0 Å². The normalized spacial score (nSPS) is 25.4. The second-order valence-electron chi connectivity index (χ2n) is 7.27. The summed E-state index contributed by atoms with van der Waals surface area (Å²) in [6.45, 7) is 5.41. The Morgan fingerprint density at radius 3 is 1.48 bits per heavy atom. The number of hydrogen-bond donors (Lipinski definition) is 1. The van der Waals surface area contributed by atoms with Crippen LogP contribution in [0.3, 0.4) is 0 Å². The molecule has 1 N–H and O–H groups in total. The summed E-state index contributed by atoms with van der Waals surface area (Å²) in [4.78, 5) is 1.83. The van der Waals surface area contributed by atoms with Gasteiger partial charge in [0.25, 0.3) is 5.67 Å². The van der Waals surface area contributed by atoms with Crippen molar-refractivity contribution in [1.82, 2.24) is 0 Å². The van der Waals surface area contributed by atoms with E-state index in [0.717, 1.165) is 12.1 Å². The molecule has 0 radical (unpaired) electrons. The van der Waals surface area contributed by atoms with Crippen LogP contribution in [-0.4, -0.2) is 47.6 Å². The molecule has 0 amide bonds. The first kappa shape index (κ1) is 23.6. The second-order valence-corrected chi connectivity index (χ2v) is 7.27. The molecule has 0 aliphatic heterocycles. The van der Waals surface area contributed by atoms with E-state index in [-0.39, 0.29) is 5.56 Å². The average molecular weight is 437 g/mol. The van der Waals surface area contributed by atoms with Gasteiger partial charge in [-0.1, -0.05) is 12.1 Å². The summed E-state index contributed by atoms with van der Waals surface area (Å²) in [7, 11) is 0. The van der Waals surface area contributed by atoms with E-state index in [1.807, 2.05) is 18.7 Å². The number of benzene rings is 1. The largest absolute Gasteiger partial charge is 0.385 e. The summed E-state index contributed by atoms with van der Waals surface area (Å²) in [6, 6.07) is 4.93. The molecule has 2 nitrogen and oxygen atoms in total. The number of rotatable bonds is 6. The Hall–Kier alpha value is -1.65. The van der Waals surface area contributed by atoms with E-state index in [1.54, 1.807) is 0 Å². The Balaban J connectivity index is 2.48. The molecule has 1 fully saturated rings. The van der Waals surface area contributed by atoms with Gasteiger partial charge in [0.15, 0.2) is 0 Å². The molecule has 11 heteroatoms. The van der Waals surface area contributed by atoms with Crippen LogP contribution in [0.1, 0.15) is 32.8 Å². The molecule has 29 heavy (non-hydrogen) atoms. The van der Waals surface area contributed by atoms with Crippen LogP contribution in [0.25, 0.3) is 0 Å². The number of halogens is 9. The molecule has 0 spiro atoms. The fraction of sp³-hybridized carbons (Fsp3) is 0.667. The van der Waals surface area contributed by atoms with E-state index in [1.165, 1.54) is 12.1 Å². The van der Waals surface area contributed by atoms with Crippen molar-refractivity contribution >= 4 is 5.69 Å². The molecule has 166 valence electrons. The van der Waals surface area contributed by atoms with Crippen LogP contribution in [0.2, 0.25) is 0 Å². The maximum atomic E-state index is 14.7. The standard InChI is InChI=1S/C18H20F9NO/c1-4-28(5-2)12-8-6-11(7-9-12)13(3,29)10-14(19)15(20,21)17(24,25)18(26,27)16(14,22)23/h6-9,29H,4-5,10H2,1-3H3. The maximum absolute atomic E-state index is 14.7. The zero-order valence-corrected chi connectivity index (χ0v) is 15.7. The highest BCUT2D eigenvalue weighted by atomic mass is 19.4. The lowest BCUT2D eigenvalue weighted by molar-refractivity contribution is -0.303. The molecule has 0 saturated heterocycles. The lowest BCUT2D eigenvalue weighted by Crippen LogP contribution is -2.57. The third-order valence-electron chi connectivity index (χ3n) is 5.38. The zero-order valence-electron chi connectivity index (χ0n) is 15.7. The number of nitrogens with zero attached hydrogens (tertiary/aromatic N) is 1. The van der Waals surface area contributed by atoms with Crippen LogP contribution >= 0.6 is 0 Å². The Kier molecular flexibility index (Phi) is 5.44. The first-order valence-electron chi connectivity index (χ1n) is 8.72. The quantitative estimate of drug-likeness (QED) is 0.603. The van der Waals surface area contributed by atoms with Crippen LogP contribution in [0.4, 0.5) is 45.2 Å². The van der Waals surface area contributed by atoms with Crippen molar-refractivity contribution in [3.8, 4) is 0 Å². The molecule has 1 aliphatic rings. The molecule has 1 atom stereocenters. The number of alkyl halides is 9. The summed E-state index contributed by atoms with van der Waals surface area (Å²) in [5, 5.41) is 10.4. The molecule has 0 aromatic heterocycles. The highest BCUT2D eigenvalue weighted by molar-refractivity contribution is 5.48. The van der Waals surface area contributed by atoms with Crippen LogP contribution in [0, 0.1) is 0 Å². The van der Waals surface area contributed by atoms with Crippen LogP contribution in [0.15, 0.2) is 24.3 Å². The molecular formula is C18H20F9NO. The van der Waals surface area contributed by atoms with Crippen molar-refractivity contribution in [3.05, 3.63) is 29.8 Å². The second kappa shape index (κ2) is 6.68. The minimum atomic E-state index is -6.65. The van der Waals surface area contributed by atoms with Gasteiger partial charge in [0, 0.05) is 25.2 Å². The monoisotopic (exact) mass is 437 g/mol. The summed E-state index contributed by atoms with van der Waals surface area (Å²) in [5.41, 5.74) is -8.36. The molecule has 0 heterocycles. The third-order valence-corrected chi connectivity index (χ3v) is 5.38. The minimum absolute atomic E-state index is 0.379. The summed E-state index contributed by atoms with van der Waals surface area (Å²) in [6.07, 6.45) is -2.38. The van der Waals surface area contributed by atoms with Crippen molar-refractivity contribution in [2.75, 3.05) is 18.0 Å². The minimum Gasteiger partial charge on any atom is -0.385 e. The highest BCUT2D eigenvalue weighted by Crippen LogP contribution is 2.70. The highest BCUT2D eigenvalue weighted by Gasteiger charge is 3.00. The molecule has 1 saturated carbocycles. The Bertz CT molecular complexity index is 716. The van der Waals surface area contributed by atoms with Gasteiger partial charge in [-0.05, 0) is 38.5 Å². The zero-order chi connectivity index (χ0) is 22.7. The lowest BCUT2D eigenvalue weighted by Gasteiger charge is -2.37. The number of hydrogen-bond acceptors (Lipinski definition) is 2. The fourth-order valence-corrected chi connectivity index (χ4v) is 3.51. The predicted molar refractivity (Wildman–Crippen MR) is 87.8 cm³/mol. The van der Waals surface area contributed by atoms with Gasteiger partial charge in [0.2, 0.25) is 0 Å². The van der Waals surface area contributed by atoms with Gasteiger partial charge in [-0.3, -0.25) is 0 Å². The van der Waals surface area contributed by atoms with Gasteiger partial charge in [-0.2, -0.15) is 35.1 Å². The first-order valence-corrected chi connectivity index (χ1v) is 8.72. The smallest absolute Gasteiger partial charge is 0.381 e. The Labute approximate surface area is 161 Å². The third kappa shape index (κ3) is 2.90. The van der Waals surface area contributed by atoms with Gasteiger partial charge in [-0.15, -0.1) is 0 Å². The number of anilines is 1. The van der Waals surface area contributed by atoms with E-state index in [2.05, 4.69) is 0 Å². The maximum Gasteiger partial charge on any atom is 0.381 e. The topological polar surface area (TPSA) is 23.5 Å². The SMILES string of the molecule is CCN(CC)c1ccc(C(C)(O)CC2(F)C(F)(F)C(F)(F)C(F)(F)C2(F)F)cc1. The van der Waals surface area contributed by atoms with Crippen molar-refractivity contribution in [2.24, 2.45) is 0 Å². The summed E-state index contributed by atoms with van der Waals surface area (Å²) in [5.74, 6) is -26.2. The first-order chi connectivity index (χ1) is 12.9. The summed E-state index contributed by atoms with van der Waals surface area (Å²) < 4.78 is 124. The van der Waals surface area contributed by atoms with Crippen LogP contribution in [0.5, 0.6) is 0 Å². The Morgan fingerprint density at radius 1 is 0.759 bits per heavy atom. The van der Waals surface area contributed by atoms with Crippen LogP contribution in [-0.2, 0) is 5.60 Å². The molecular weight excluding hydrogens is 417 g/mol. The fourth-order valence-electron chi connectivity index (χ4n) is 3.51. The number of aliphatic hydroxyl groups is 1.